The van der Waals surface area contributed by atoms with Gasteiger partial charge in [0.05, 0.1) is 16.5 Å². The molecule has 0 radical (unpaired) electrons. The molecule has 1 N–H and O–H groups in total. The molecule has 2 aromatic carbocycles. The van der Waals surface area contributed by atoms with Crippen LogP contribution in [0.1, 0.15) is 34.6 Å². The third-order valence-corrected chi connectivity index (χ3v) is 5.55. The Morgan fingerprint density at radius 2 is 1.86 bits per heavy atom. The van der Waals surface area contributed by atoms with Crippen LogP contribution in [0.25, 0.3) is 11.0 Å². The van der Waals surface area contributed by atoms with Gasteiger partial charge in [-0.25, -0.2) is 13.2 Å². The van der Waals surface area contributed by atoms with Crippen molar-refractivity contribution in [3.05, 3.63) is 65.4 Å². The third kappa shape index (κ3) is 4.83. The normalized spacial score (nSPS) is 12.5. The predicted octanol–water partition coefficient (Wildman–Crippen LogP) is 3.18. The molecule has 0 unspecified atom stereocenters. The molecule has 0 spiro atoms. The second-order valence-corrected chi connectivity index (χ2v) is 8.82. The number of carbonyl (C=O) groups is 2. The first-order valence-corrected chi connectivity index (χ1v) is 10.8. The van der Waals surface area contributed by atoms with Crippen LogP contribution in [-0.4, -0.2) is 33.2 Å². The van der Waals surface area contributed by atoms with E-state index >= 15 is 0 Å². The minimum absolute atomic E-state index is 0.0120. The number of rotatable bonds is 6. The summed E-state index contributed by atoms with van der Waals surface area (Å²) in [6.07, 6.45) is 1.06. The number of hydrogen-bond donors (Lipinski definition) is 1. The number of hydrogen-bond acceptors (Lipinski definition) is 6. The van der Waals surface area contributed by atoms with Gasteiger partial charge in [-0.3, -0.25) is 4.79 Å². The number of sulfone groups is 1. The van der Waals surface area contributed by atoms with Crippen LogP contribution in [0.4, 0.5) is 0 Å². The number of carbonyl (C=O) groups excluding carboxylic acids is 2. The van der Waals surface area contributed by atoms with Crippen molar-refractivity contribution >= 4 is 32.7 Å². The highest BCUT2D eigenvalue weighted by molar-refractivity contribution is 7.90. The van der Waals surface area contributed by atoms with Crippen molar-refractivity contribution in [2.75, 3.05) is 12.9 Å². The van der Waals surface area contributed by atoms with Gasteiger partial charge < -0.3 is 14.5 Å². The summed E-state index contributed by atoms with van der Waals surface area (Å²) < 4.78 is 34.1. The largest absolute Gasteiger partial charge is 0.459 e. The second-order valence-electron chi connectivity index (χ2n) is 6.80. The average Bonchev–Trinajstić information content (AvgIpc) is 3.10. The molecule has 0 aliphatic heterocycles. The van der Waals surface area contributed by atoms with E-state index in [1.165, 1.54) is 18.2 Å². The molecule has 8 heteroatoms. The summed E-state index contributed by atoms with van der Waals surface area (Å²) in [5, 5.41) is 3.64. The zero-order valence-electron chi connectivity index (χ0n) is 16.3. The molecule has 0 saturated heterocycles. The van der Waals surface area contributed by atoms with E-state index in [1.807, 2.05) is 30.3 Å². The van der Waals surface area contributed by atoms with Gasteiger partial charge in [0.15, 0.2) is 16.4 Å². The van der Waals surface area contributed by atoms with Crippen LogP contribution >= 0.6 is 0 Å². The standard InChI is InChI=1S/C21H21NO6S/c1-13-8-9-16(29(3,25)26)11-17(13)21(24)27-12-20(23)22-14(2)19-10-15-6-4-5-7-18(15)28-19/h4-11,14H,12H2,1-3H3,(H,22,23)/t14-/m0/s1. The molecule has 0 aliphatic rings. The van der Waals surface area contributed by atoms with Crippen LogP contribution in [0.2, 0.25) is 0 Å². The van der Waals surface area contributed by atoms with Gasteiger partial charge >= 0.3 is 5.97 Å². The summed E-state index contributed by atoms with van der Waals surface area (Å²) in [7, 11) is -3.46. The lowest BCUT2D eigenvalue weighted by Crippen LogP contribution is -2.31. The molecule has 3 rings (SSSR count). The number of amides is 1. The van der Waals surface area contributed by atoms with Gasteiger partial charge in [0.25, 0.3) is 5.91 Å². The van der Waals surface area contributed by atoms with E-state index in [4.69, 9.17) is 9.15 Å². The Morgan fingerprint density at radius 1 is 1.14 bits per heavy atom. The number of esters is 1. The van der Waals surface area contributed by atoms with Crippen molar-refractivity contribution in [1.82, 2.24) is 5.32 Å². The molecule has 152 valence electrons. The van der Waals surface area contributed by atoms with Crippen LogP contribution in [0.15, 0.2) is 57.8 Å². The topological polar surface area (TPSA) is 103 Å². The Morgan fingerprint density at radius 3 is 2.55 bits per heavy atom. The van der Waals surface area contributed by atoms with Gasteiger partial charge in [0.2, 0.25) is 0 Å². The van der Waals surface area contributed by atoms with E-state index < -0.39 is 34.4 Å². The lowest BCUT2D eigenvalue weighted by atomic mass is 10.1. The van der Waals surface area contributed by atoms with Gasteiger partial charge in [-0.1, -0.05) is 24.3 Å². The molecule has 7 nitrogen and oxygen atoms in total. The Balaban J connectivity index is 1.62. The second kappa shape index (κ2) is 8.08. The molecular formula is C21H21NO6S. The van der Waals surface area contributed by atoms with Gasteiger partial charge in [-0.2, -0.15) is 0 Å². The highest BCUT2D eigenvalue weighted by Gasteiger charge is 2.18. The summed E-state index contributed by atoms with van der Waals surface area (Å²) in [5.41, 5.74) is 1.38. The Labute approximate surface area is 168 Å². The van der Waals surface area contributed by atoms with Gasteiger partial charge in [0.1, 0.15) is 11.3 Å². The number of nitrogens with one attached hydrogen (secondary N) is 1. The number of para-hydroxylation sites is 1. The van der Waals surface area contributed by atoms with Crippen LogP contribution in [0.3, 0.4) is 0 Å². The third-order valence-electron chi connectivity index (χ3n) is 4.44. The summed E-state index contributed by atoms with van der Waals surface area (Å²) in [5.74, 6) is -0.676. The predicted molar refractivity (Wildman–Crippen MR) is 107 cm³/mol. The summed E-state index contributed by atoms with van der Waals surface area (Å²) >= 11 is 0. The first kappa shape index (κ1) is 20.6. The first-order chi connectivity index (χ1) is 13.6. The van der Waals surface area contributed by atoms with Crippen LogP contribution in [-0.2, 0) is 19.4 Å². The molecule has 1 aromatic heterocycles. The smallest absolute Gasteiger partial charge is 0.338 e. The Hall–Kier alpha value is -3.13. The fourth-order valence-electron chi connectivity index (χ4n) is 2.83. The fraction of sp³-hybridized carbons (Fsp3) is 0.238. The van der Waals surface area contributed by atoms with Crippen LogP contribution < -0.4 is 5.32 Å². The lowest BCUT2D eigenvalue weighted by molar-refractivity contribution is -0.125. The molecule has 1 atom stereocenters. The molecule has 1 heterocycles. The van der Waals surface area contributed by atoms with Crippen molar-refractivity contribution in [2.24, 2.45) is 0 Å². The molecule has 0 saturated carbocycles. The molecule has 0 fully saturated rings. The highest BCUT2D eigenvalue weighted by atomic mass is 32.2. The van der Waals surface area contributed by atoms with E-state index in [0.717, 1.165) is 17.2 Å². The monoisotopic (exact) mass is 415 g/mol. The summed E-state index contributed by atoms with van der Waals surface area (Å²) in [4.78, 5) is 24.5. The average molecular weight is 415 g/mol. The van der Waals surface area contributed by atoms with Gasteiger partial charge in [0, 0.05) is 11.6 Å². The summed E-state index contributed by atoms with van der Waals surface area (Å²) in [6, 6.07) is 13.1. The van der Waals surface area contributed by atoms with Crippen LogP contribution in [0.5, 0.6) is 0 Å². The molecule has 0 aliphatic carbocycles. The maximum atomic E-state index is 12.3. The maximum absolute atomic E-state index is 12.3. The fourth-order valence-corrected chi connectivity index (χ4v) is 3.48. The zero-order chi connectivity index (χ0) is 21.2. The SMILES string of the molecule is Cc1ccc(S(C)(=O)=O)cc1C(=O)OCC(=O)N[C@@H](C)c1cc2ccccc2o1. The van der Waals surface area contributed by atoms with E-state index in [2.05, 4.69) is 5.32 Å². The van der Waals surface area contributed by atoms with Gasteiger partial charge in [-0.15, -0.1) is 0 Å². The molecule has 1 amide bonds. The highest BCUT2D eigenvalue weighted by Crippen LogP contribution is 2.23. The van der Waals surface area contributed by atoms with Crippen molar-refractivity contribution < 1.29 is 27.2 Å². The maximum Gasteiger partial charge on any atom is 0.338 e. The van der Waals surface area contributed by atoms with Crippen LogP contribution in [0, 0.1) is 6.92 Å². The lowest BCUT2D eigenvalue weighted by Gasteiger charge is -2.12. The molecule has 0 bridgehead atoms. The van der Waals surface area contributed by atoms with Gasteiger partial charge in [-0.05, 0) is 43.7 Å². The van der Waals surface area contributed by atoms with Crippen molar-refractivity contribution in [3.8, 4) is 0 Å². The Kier molecular flexibility index (Phi) is 5.74. The molecule has 3 aromatic rings. The zero-order valence-corrected chi connectivity index (χ0v) is 17.1. The number of furan rings is 1. The minimum atomic E-state index is -3.46. The number of benzene rings is 2. The van der Waals surface area contributed by atoms with Crippen molar-refractivity contribution in [3.63, 3.8) is 0 Å². The van der Waals surface area contributed by atoms with E-state index in [9.17, 15) is 18.0 Å². The summed E-state index contributed by atoms with van der Waals surface area (Å²) in [6.45, 7) is 2.93. The molecular weight excluding hydrogens is 394 g/mol. The van der Waals surface area contributed by atoms with Crippen molar-refractivity contribution in [2.45, 2.75) is 24.8 Å². The Bertz CT molecular complexity index is 1150. The number of fused-ring (bicyclic) bond motifs is 1. The van der Waals surface area contributed by atoms with E-state index in [-0.39, 0.29) is 10.5 Å². The first-order valence-electron chi connectivity index (χ1n) is 8.91. The van der Waals surface area contributed by atoms with E-state index in [1.54, 1.807) is 13.8 Å². The van der Waals surface area contributed by atoms with Crippen molar-refractivity contribution in [1.29, 1.82) is 0 Å². The minimum Gasteiger partial charge on any atom is -0.459 e. The molecule has 29 heavy (non-hydrogen) atoms. The number of ether oxygens (including phenoxy) is 1. The quantitative estimate of drug-likeness (QED) is 0.621. The number of aryl methyl sites for hydroxylation is 1. The van der Waals surface area contributed by atoms with E-state index in [0.29, 0.717) is 11.3 Å².